The fourth-order valence-corrected chi connectivity index (χ4v) is 7.65. The fraction of sp³-hybridized carbons (Fsp3) is 0.357. The van der Waals surface area contributed by atoms with Gasteiger partial charge in [-0.05, 0) is 104 Å². The monoisotopic (exact) mass is 538 g/mol. The zero-order valence-corrected chi connectivity index (χ0v) is 22.6. The predicted molar refractivity (Wildman–Crippen MR) is 141 cm³/mol. The normalized spacial score (nSPS) is 20.9. The number of halogens is 2. The topological polar surface area (TPSA) is 79.0 Å². The van der Waals surface area contributed by atoms with E-state index in [4.69, 9.17) is 11.6 Å². The minimum absolute atomic E-state index is 0.0397. The van der Waals surface area contributed by atoms with Crippen LogP contribution in [0.1, 0.15) is 42.1 Å². The summed E-state index contributed by atoms with van der Waals surface area (Å²) in [4.78, 5) is 0.190. The molecular weight excluding hydrogens is 511 g/mol. The van der Waals surface area contributed by atoms with Gasteiger partial charge >= 0.3 is 0 Å². The number of fused-ring (bicyclic) bond motifs is 2. The molecule has 6 nitrogen and oxygen atoms in total. The third-order valence-corrected chi connectivity index (χ3v) is 10.3. The van der Waals surface area contributed by atoms with E-state index in [1.165, 1.54) is 22.0 Å². The summed E-state index contributed by atoms with van der Waals surface area (Å²) in [7, 11) is -3.90. The Bertz CT molecular complexity index is 1560. The third kappa shape index (κ3) is 4.39. The summed E-state index contributed by atoms with van der Waals surface area (Å²) in [6.07, 6.45) is 6.39. The van der Waals surface area contributed by atoms with Crippen LogP contribution in [0.25, 0.3) is 11.8 Å². The average Bonchev–Trinajstić information content (AvgIpc) is 3.39. The van der Waals surface area contributed by atoms with E-state index in [0.717, 1.165) is 36.2 Å². The first-order valence-electron chi connectivity index (χ1n) is 12.2. The Morgan fingerprint density at radius 2 is 1.97 bits per heavy atom. The molecule has 2 aliphatic carbocycles. The first-order valence-corrected chi connectivity index (χ1v) is 14.0. The van der Waals surface area contributed by atoms with Crippen LogP contribution in [0, 0.1) is 42.3 Å². The second-order valence-electron chi connectivity index (χ2n) is 10.3. The van der Waals surface area contributed by atoms with Crippen molar-refractivity contribution in [1.82, 2.24) is 14.1 Å². The van der Waals surface area contributed by atoms with Crippen LogP contribution in [0.4, 0.5) is 4.39 Å². The molecule has 0 unspecified atom stereocenters. The highest BCUT2D eigenvalue weighted by Gasteiger charge is 2.47. The van der Waals surface area contributed by atoms with Crippen molar-refractivity contribution in [2.75, 3.05) is 13.1 Å². The number of sulfonamides is 1. The number of nitrogens with zero attached hydrogens (tertiary/aromatic N) is 4. The van der Waals surface area contributed by atoms with Crippen LogP contribution in [0.15, 0.2) is 53.1 Å². The van der Waals surface area contributed by atoms with Gasteiger partial charge in [-0.25, -0.2) is 17.5 Å². The zero-order chi connectivity index (χ0) is 26.5. The average molecular weight is 539 g/mol. The maximum Gasteiger partial charge on any atom is 0.244 e. The number of aryl methyl sites for hydroxylation is 2. The van der Waals surface area contributed by atoms with Crippen molar-refractivity contribution in [2.45, 2.75) is 44.9 Å². The Kier molecular flexibility index (Phi) is 6.51. The predicted octanol–water partition coefficient (Wildman–Crippen LogP) is 5.85. The van der Waals surface area contributed by atoms with Crippen molar-refractivity contribution in [3.8, 4) is 11.8 Å². The molecule has 0 spiro atoms. The second kappa shape index (κ2) is 9.39. The van der Waals surface area contributed by atoms with E-state index >= 15 is 0 Å². The SMILES string of the molecule is Cc1cc(S(=O)(=O)N(CC#N)C[C@H]2CCC3=Cc4c(cnn4-c4ccc(F)cc4)C[C@@]32C)c(C)cc1Cl. The lowest BCUT2D eigenvalue weighted by molar-refractivity contribution is 0.228. The molecule has 0 N–H and O–H groups in total. The van der Waals surface area contributed by atoms with Gasteiger partial charge in [0.2, 0.25) is 10.0 Å². The minimum Gasteiger partial charge on any atom is -0.233 e. The molecule has 2 aliphatic rings. The molecule has 2 atom stereocenters. The maximum atomic E-state index is 13.7. The molecular formula is C28H28ClFN4O2S. The smallest absolute Gasteiger partial charge is 0.233 e. The van der Waals surface area contributed by atoms with Crippen molar-refractivity contribution < 1.29 is 12.8 Å². The molecule has 0 saturated heterocycles. The van der Waals surface area contributed by atoms with E-state index in [1.807, 2.05) is 10.9 Å². The van der Waals surface area contributed by atoms with Crippen molar-refractivity contribution in [2.24, 2.45) is 11.3 Å². The second-order valence-corrected chi connectivity index (χ2v) is 12.6. The van der Waals surface area contributed by atoms with Gasteiger partial charge in [0.05, 0.1) is 28.5 Å². The van der Waals surface area contributed by atoms with Gasteiger partial charge < -0.3 is 0 Å². The van der Waals surface area contributed by atoms with Crippen molar-refractivity contribution >= 4 is 27.7 Å². The molecule has 1 aromatic heterocycles. The lowest BCUT2D eigenvalue weighted by Crippen LogP contribution is -2.41. The van der Waals surface area contributed by atoms with Crippen LogP contribution in [0.3, 0.4) is 0 Å². The van der Waals surface area contributed by atoms with E-state index < -0.39 is 10.0 Å². The number of benzene rings is 2. The maximum absolute atomic E-state index is 13.7. The summed E-state index contributed by atoms with van der Waals surface area (Å²) in [6.45, 7) is 5.72. The largest absolute Gasteiger partial charge is 0.244 e. The molecule has 3 aromatic rings. The molecule has 5 rings (SSSR count). The molecule has 9 heteroatoms. The van der Waals surface area contributed by atoms with Gasteiger partial charge in [0, 0.05) is 11.6 Å². The molecule has 192 valence electrons. The summed E-state index contributed by atoms with van der Waals surface area (Å²) in [5, 5.41) is 14.6. The number of nitriles is 1. The summed E-state index contributed by atoms with van der Waals surface area (Å²) in [5.41, 5.74) is 5.08. The highest BCUT2D eigenvalue weighted by atomic mass is 35.5. The Morgan fingerprint density at radius 3 is 2.68 bits per heavy atom. The molecule has 0 radical (unpaired) electrons. The fourth-order valence-electron chi connectivity index (χ4n) is 5.76. The Hall–Kier alpha value is -2.99. The van der Waals surface area contributed by atoms with Gasteiger partial charge in [0.25, 0.3) is 0 Å². The van der Waals surface area contributed by atoms with E-state index in [2.05, 4.69) is 24.2 Å². The number of rotatable bonds is 6. The molecule has 2 aromatic carbocycles. The summed E-state index contributed by atoms with van der Waals surface area (Å²) in [5.74, 6) is -0.256. The van der Waals surface area contributed by atoms with Crippen LogP contribution < -0.4 is 0 Å². The van der Waals surface area contributed by atoms with E-state index in [0.29, 0.717) is 16.1 Å². The zero-order valence-electron chi connectivity index (χ0n) is 21.0. The number of aromatic nitrogens is 2. The number of hydrogen-bond donors (Lipinski definition) is 0. The van der Waals surface area contributed by atoms with Crippen LogP contribution in [0.2, 0.25) is 5.02 Å². The molecule has 0 bridgehead atoms. The summed E-state index contributed by atoms with van der Waals surface area (Å²) in [6, 6.07) is 11.6. The lowest BCUT2D eigenvalue weighted by Gasteiger charge is -2.37. The van der Waals surface area contributed by atoms with Crippen LogP contribution in [-0.2, 0) is 16.4 Å². The molecule has 0 amide bonds. The van der Waals surface area contributed by atoms with Gasteiger partial charge in [-0.3, -0.25) is 0 Å². The van der Waals surface area contributed by atoms with Gasteiger partial charge in [-0.15, -0.1) is 0 Å². The Labute approximate surface area is 222 Å². The number of hydrogen-bond acceptors (Lipinski definition) is 4. The van der Waals surface area contributed by atoms with Crippen LogP contribution in [0.5, 0.6) is 0 Å². The van der Waals surface area contributed by atoms with Crippen molar-refractivity contribution in [3.05, 3.63) is 81.4 Å². The minimum atomic E-state index is -3.90. The van der Waals surface area contributed by atoms with Crippen molar-refractivity contribution in [1.29, 1.82) is 5.26 Å². The van der Waals surface area contributed by atoms with E-state index in [-0.39, 0.29) is 35.1 Å². The molecule has 1 saturated carbocycles. The van der Waals surface area contributed by atoms with Gasteiger partial charge in [-0.2, -0.15) is 14.7 Å². The van der Waals surface area contributed by atoms with Gasteiger partial charge in [-0.1, -0.05) is 24.1 Å². The first kappa shape index (κ1) is 25.7. The quantitative estimate of drug-likeness (QED) is 0.369. The van der Waals surface area contributed by atoms with E-state index in [9.17, 15) is 18.1 Å². The molecule has 1 fully saturated rings. The van der Waals surface area contributed by atoms with Gasteiger partial charge in [0.15, 0.2) is 0 Å². The Morgan fingerprint density at radius 1 is 1.24 bits per heavy atom. The van der Waals surface area contributed by atoms with Gasteiger partial charge in [0.1, 0.15) is 12.4 Å². The summed E-state index contributed by atoms with van der Waals surface area (Å²) >= 11 is 6.21. The van der Waals surface area contributed by atoms with Crippen LogP contribution >= 0.6 is 11.6 Å². The third-order valence-electron chi connectivity index (χ3n) is 7.97. The van der Waals surface area contributed by atoms with Crippen LogP contribution in [-0.4, -0.2) is 35.6 Å². The lowest BCUT2D eigenvalue weighted by atomic mass is 9.70. The molecule has 0 aliphatic heterocycles. The number of allylic oxidation sites excluding steroid dienone is 1. The molecule has 37 heavy (non-hydrogen) atoms. The first-order chi connectivity index (χ1) is 17.5. The van der Waals surface area contributed by atoms with Crippen molar-refractivity contribution in [3.63, 3.8) is 0 Å². The Balaban J connectivity index is 1.45. The highest BCUT2D eigenvalue weighted by molar-refractivity contribution is 7.89. The highest BCUT2D eigenvalue weighted by Crippen LogP contribution is 2.53. The molecule has 1 heterocycles. The summed E-state index contributed by atoms with van der Waals surface area (Å²) < 4.78 is 44.0. The van der Waals surface area contributed by atoms with E-state index in [1.54, 1.807) is 38.1 Å². The standard InChI is InChI=1S/C28H28ClFN4O2S/c1-18-13-27(19(2)12-25(18)29)37(35,36)33(11-10-31)17-22-5-4-21-14-26-20(15-28(21,22)3)16-32-34(26)24-8-6-23(30)7-9-24/h6-9,12-14,16,22H,4-5,11,15,17H2,1-3H3/t22-,28+/m1/s1.